The lowest BCUT2D eigenvalue weighted by atomic mass is 10.1. The number of hydrogen-bond donors (Lipinski definition) is 2. The van der Waals surface area contributed by atoms with Crippen molar-refractivity contribution >= 4 is 60.8 Å². The third-order valence-corrected chi connectivity index (χ3v) is 6.69. The number of anilines is 4. The van der Waals surface area contributed by atoms with Crippen molar-refractivity contribution in [2.75, 3.05) is 17.2 Å². The number of ether oxygens (including phenoxy) is 1. The van der Waals surface area contributed by atoms with Crippen LogP contribution < -0.4 is 10.6 Å². The second kappa shape index (κ2) is 8.20. The van der Waals surface area contributed by atoms with E-state index in [1.807, 2.05) is 25.1 Å². The zero-order chi connectivity index (χ0) is 21.4. The van der Waals surface area contributed by atoms with E-state index in [1.165, 1.54) is 11.3 Å². The van der Waals surface area contributed by atoms with Crippen LogP contribution in [0.15, 0.2) is 29.6 Å². The largest absolute Gasteiger partial charge is 0.461 e. The first-order valence-electron chi connectivity index (χ1n) is 10.0. The molecular formula is C21H20N6O2S2. The Morgan fingerprint density at radius 2 is 1.90 bits per heavy atom. The highest BCUT2D eigenvalue weighted by atomic mass is 32.1. The van der Waals surface area contributed by atoms with Crippen LogP contribution in [0.5, 0.6) is 0 Å². The molecule has 1 aliphatic carbocycles. The molecule has 0 bridgehead atoms. The van der Waals surface area contributed by atoms with Gasteiger partial charge in [0.05, 0.1) is 16.8 Å². The zero-order valence-electron chi connectivity index (χ0n) is 17.0. The fraction of sp³-hybridized carbons (Fsp3) is 0.286. The number of para-hydroxylation sites is 1. The molecule has 0 aliphatic heterocycles. The minimum Gasteiger partial charge on any atom is -0.461 e. The Kier molecular flexibility index (Phi) is 5.24. The molecule has 0 unspecified atom stereocenters. The Morgan fingerprint density at radius 1 is 1.13 bits per heavy atom. The van der Waals surface area contributed by atoms with E-state index < -0.39 is 5.97 Å². The van der Waals surface area contributed by atoms with Gasteiger partial charge in [-0.05, 0) is 44.7 Å². The summed E-state index contributed by atoms with van der Waals surface area (Å²) >= 11 is 2.93. The van der Waals surface area contributed by atoms with Gasteiger partial charge in [-0.3, -0.25) is 0 Å². The molecule has 2 N–H and O–H groups in total. The van der Waals surface area contributed by atoms with Gasteiger partial charge in [0.2, 0.25) is 0 Å². The first-order chi connectivity index (χ1) is 15.1. The molecule has 4 aromatic rings. The monoisotopic (exact) mass is 452 g/mol. The highest BCUT2D eigenvalue weighted by Gasteiger charge is 2.31. The zero-order valence-corrected chi connectivity index (χ0v) is 18.6. The molecule has 0 atom stereocenters. The van der Waals surface area contributed by atoms with Crippen molar-refractivity contribution in [1.29, 1.82) is 0 Å². The number of esters is 1. The predicted molar refractivity (Wildman–Crippen MR) is 123 cm³/mol. The summed E-state index contributed by atoms with van der Waals surface area (Å²) < 4.78 is 6.13. The van der Waals surface area contributed by atoms with Gasteiger partial charge in [-0.1, -0.05) is 23.5 Å². The molecule has 0 saturated heterocycles. The van der Waals surface area contributed by atoms with Crippen LogP contribution in [-0.2, 0) is 4.74 Å². The normalized spacial score (nSPS) is 13.4. The average molecular weight is 453 g/mol. The molecule has 0 spiro atoms. The second-order valence-corrected chi connectivity index (χ2v) is 9.09. The molecule has 0 amide bonds. The maximum Gasteiger partial charge on any atom is 0.357 e. The molecule has 8 nitrogen and oxygen atoms in total. The van der Waals surface area contributed by atoms with Gasteiger partial charge in [0.15, 0.2) is 27.6 Å². The lowest BCUT2D eigenvalue weighted by Crippen LogP contribution is -2.08. The van der Waals surface area contributed by atoms with Crippen LogP contribution in [-0.4, -0.2) is 32.7 Å². The summed E-state index contributed by atoms with van der Waals surface area (Å²) in [6.07, 6.45) is 2.26. The number of carbonyl (C=O) groups excluding carboxylic acids is 1. The van der Waals surface area contributed by atoms with Crippen molar-refractivity contribution in [3.05, 3.63) is 46.5 Å². The quantitative estimate of drug-likeness (QED) is 0.360. The van der Waals surface area contributed by atoms with Gasteiger partial charge in [-0.25, -0.2) is 14.8 Å². The summed E-state index contributed by atoms with van der Waals surface area (Å²) in [7, 11) is 0. The lowest BCUT2D eigenvalue weighted by Gasteiger charge is -2.14. The van der Waals surface area contributed by atoms with Crippen LogP contribution in [0, 0.1) is 6.92 Å². The molecule has 1 aliphatic rings. The van der Waals surface area contributed by atoms with E-state index >= 15 is 0 Å². The van der Waals surface area contributed by atoms with E-state index in [0.717, 1.165) is 45.1 Å². The van der Waals surface area contributed by atoms with Crippen molar-refractivity contribution in [2.45, 2.75) is 32.6 Å². The summed E-state index contributed by atoms with van der Waals surface area (Å²) in [5.41, 5.74) is 3.43. The number of carbonyl (C=O) groups is 1. The van der Waals surface area contributed by atoms with E-state index in [4.69, 9.17) is 4.74 Å². The van der Waals surface area contributed by atoms with Gasteiger partial charge in [-0.2, -0.15) is 0 Å². The summed E-state index contributed by atoms with van der Waals surface area (Å²) in [6, 6.07) is 8.05. The van der Waals surface area contributed by atoms with E-state index in [2.05, 4.69) is 36.9 Å². The van der Waals surface area contributed by atoms with Crippen molar-refractivity contribution in [1.82, 2.24) is 20.2 Å². The number of aromatic nitrogens is 4. The van der Waals surface area contributed by atoms with Gasteiger partial charge in [-0.15, -0.1) is 21.5 Å². The number of rotatable bonds is 7. The molecule has 1 fully saturated rings. The fourth-order valence-electron chi connectivity index (χ4n) is 3.37. The van der Waals surface area contributed by atoms with Crippen LogP contribution >= 0.6 is 22.7 Å². The molecule has 3 aromatic heterocycles. The Bertz CT molecular complexity index is 1230. The Morgan fingerprint density at radius 3 is 2.68 bits per heavy atom. The summed E-state index contributed by atoms with van der Waals surface area (Å²) in [4.78, 5) is 20.8. The Hall–Kier alpha value is -3.11. The maximum absolute atomic E-state index is 11.9. The number of nitrogens with one attached hydrogen (secondary N) is 2. The highest BCUT2D eigenvalue weighted by Crippen LogP contribution is 2.46. The van der Waals surface area contributed by atoms with Gasteiger partial charge in [0.25, 0.3) is 0 Å². The van der Waals surface area contributed by atoms with Crippen molar-refractivity contribution < 1.29 is 9.53 Å². The maximum atomic E-state index is 11.9. The molecule has 31 heavy (non-hydrogen) atoms. The third-order valence-electron chi connectivity index (χ3n) is 4.98. The second-order valence-electron chi connectivity index (χ2n) is 7.21. The van der Waals surface area contributed by atoms with E-state index in [9.17, 15) is 4.79 Å². The molecule has 0 radical (unpaired) electrons. The molecule has 1 saturated carbocycles. The van der Waals surface area contributed by atoms with Gasteiger partial charge in [0, 0.05) is 16.5 Å². The van der Waals surface area contributed by atoms with Crippen LogP contribution in [0.25, 0.3) is 10.2 Å². The minimum absolute atomic E-state index is 0.288. The number of fused-ring (bicyclic) bond motifs is 1. The van der Waals surface area contributed by atoms with Crippen molar-refractivity contribution in [2.24, 2.45) is 0 Å². The fourth-order valence-corrected chi connectivity index (χ4v) is 4.92. The van der Waals surface area contributed by atoms with E-state index in [0.29, 0.717) is 23.5 Å². The molecule has 10 heteroatoms. The van der Waals surface area contributed by atoms with Crippen LogP contribution in [0.1, 0.15) is 47.3 Å². The van der Waals surface area contributed by atoms with Crippen LogP contribution in [0.2, 0.25) is 0 Å². The lowest BCUT2D eigenvalue weighted by molar-refractivity contribution is 0.0520. The number of thiazole rings is 2. The third kappa shape index (κ3) is 4.08. The smallest absolute Gasteiger partial charge is 0.357 e. The van der Waals surface area contributed by atoms with Gasteiger partial charge >= 0.3 is 5.97 Å². The van der Waals surface area contributed by atoms with E-state index in [1.54, 1.807) is 23.6 Å². The average Bonchev–Trinajstić information content (AvgIpc) is 3.33. The SMILES string of the molecule is CCOC(=O)c1csc(Nc2nnc(Nc3nc4ccccc4s3)c(C3CC3)c2C)n1. The number of hydrogen-bond acceptors (Lipinski definition) is 10. The molecular weight excluding hydrogens is 432 g/mol. The predicted octanol–water partition coefficient (Wildman–Crippen LogP) is 5.39. The minimum atomic E-state index is -0.427. The summed E-state index contributed by atoms with van der Waals surface area (Å²) in [6.45, 7) is 4.12. The summed E-state index contributed by atoms with van der Waals surface area (Å²) in [5, 5.41) is 18.5. The first-order valence-corrected chi connectivity index (χ1v) is 11.7. The molecule has 1 aromatic carbocycles. The first kappa shape index (κ1) is 19.8. The Labute approximate surface area is 186 Å². The standard InChI is InChI=1S/C21H20N6O2S2/c1-3-29-19(28)14-10-30-20(23-14)24-17-11(2)16(12-8-9-12)18(27-26-17)25-21-22-13-6-4-5-7-15(13)31-21/h4-7,10,12H,3,8-9H2,1-2H3,(H,22,25,27)(H,23,24,26). The summed E-state index contributed by atoms with van der Waals surface area (Å²) in [5.74, 6) is 1.42. The van der Waals surface area contributed by atoms with Crippen LogP contribution in [0.3, 0.4) is 0 Å². The highest BCUT2D eigenvalue weighted by molar-refractivity contribution is 7.22. The van der Waals surface area contributed by atoms with Crippen LogP contribution in [0.4, 0.5) is 21.9 Å². The molecule has 158 valence electrons. The number of nitrogens with zero attached hydrogens (tertiary/aromatic N) is 4. The molecule has 3 heterocycles. The Balaban J connectivity index is 1.42. The van der Waals surface area contributed by atoms with Crippen molar-refractivity contribution in [3.8, 4) is 0 Å². The topological polar surface area (TPSA) is 102 Å². The van der Waals surface area contributed by atoms with E-state index in [-0.39, 0.29) is 5.69 Å². The number of benzene rings is 1. The van der Waals surface area contributed by atoms with Gasteiger partial charge < -0.3 is 15.4 Å². The van der Waals surface area contributed by atoms with Gasteiger partial charge in [0.1, 0.15) is 0 Å². The van der Waals surface area contributed by atoms with Crippen molar-refractivity contribution in [3.63, 3.8) is 0 Å². The molecule has 5 rings (SSSR count).